The predicted molar refractivity (Wildman–Crippen MR) is 139 cm³/mol. The molecular formula is C27H34FN5O3. The van der Waals surface area contributed by atoms with Gasteiger partial charge in [0.2, 0.25) is 0 Å². The summed E-state index contributed by atoms with van der Waals surface area (Å²) >= 11 is 0. The van der Waals surface area contributed by atoms with Gasteiger partial charge in [-0.3, -0.25) is 9.78 Å². The minimum Gasteiger partial charge on any atom is -0.494 e. The maximum atomic E-state index is 14.2. The number of likely N-dealkylation sites (tertiary alicyclic amines) is 1. The number of ether oxygens (including phenoxy) is 2. The summed E-state index contributed by atoms with van der Waals surface area (Å²) in [5, 5.41) is 6.04. The van der Waals surface area contributed by atoms with Crippen LogP contribution in [-0.2, 0) is 6.42 Å². The highest BCUT2D eigenvalue weighted by Crippen LogP contribution is 2.41. The van der Waals surface area contributed by atoms with E-state index in [0.29, 0.717) is 41.3 Å². The van der Waals surface area contributed by atoms with Gasteiger partial charge in [0, 0.05) is 30.4 Å². The number of carbonyl (C=O) groups is 1. The smallest absolute Gasteiger partial charge is 0.255 e. The normalized spacial score (nSPS) is 14.9. The van der Waals surface area contributed by atoms with Crippen molar-refractivity contribution in [1.29, 1.82) is 0 Å². The standard InChI is InChI=1S/C20H19FN4O3.C7H15N/c1-27-15-10-22-8-6-11(15)17-18(16-13(24-17)7-9-23-20(16)26)25-14-5-3-4-12(21)19(14)28-2;1-2-5-8-6-3-4-7-8/h3-6,8,10,24-25H,7,9H2,1-2H3,(H,23,26);2-7H2,1H3. The summed E-state index contributed by atoms with van der Waals surface area (Å²) in [5.74, 6) is -0.0730. The number of pyridine rings is 1. The summed E-state index contributed by atoms with van der Waals surface area (Å²) in [6.45, 7) is 6.82. The Morgan fingerprint density at radius 2 is 1.97 bits per heavy atom. The Morgan fingerprint density at radius 1 is 1.17 bits per heavy atom. The van der Waals surface area contributed by atoms with Crippen LogP contribution in [0.3, 0.4) is 0 Å². The number of nitrogens with one attached hydrogen (secondary N) is 3. The lowest BCUT2D eigenvalue weighted by molar-refractivity contribution is 0.0947. The molecule has 9 heteroatoms. The van der Waals surface area contributed by atoms with Crippen LogP contribution in [0.15, 0.2) is 36.7 Å². The number of hydrogen-bond donors (Lipinski definition) is 3. The zero-order valence-corrected chi connectivity index (χ0v) is 21.1. The van der Waals surface area contributed by atoms with Crippen molar-refractivity contribution in [3.63, 3.8) is 0 Å². The molecule has 0 radical (unpaired) electrons. The lowest BCUT2D eigenvalue weighted by Gasteiger charge is -2.17. The van der Waals surface area contributed by atoms with Crippen molar-refractivity contribution >= 4 is 17.3 Å². The number of amides is 1. The molecule has 0 unspecified atom stereocenters. The van der Waals surface area contributed by atoms with Crippen molar-refractivity contribution in [2.24, 2.45) is 0 Å². The van der Waals surface area contributed by atoms with Crippen LogP contribution >= 0.6 is 0 Å². The van der Waals surface area contributed by atoms with E-state index in [1.165, 1.54) is 52.1 Å². The van der Waals surface area contributed by atoms with Gasteiger partial charge in [-0.25, -0.2) is 4.39 Å². The minimum atomic E-state index is -0.496. The summed E-state index contributed by atoms with van der Waals surface area (Å²) in [7, 11) is 2.95. The molecule has 1 fully saturated rings. The highest BCUT2D eigenvalue weighted by molar-refractivity contribution is 6.06. The molecule has 2 aliphatic heterocycles. The Hall–Kier alpha value is -3.59. The van der Waals surface area contributed by atoms with Crippen LogP contribution in [0.4, 0.5) is 15.8 Å². The fourth-order valence-corrected chi connectivity index (χ4v) is 4.73. The average molecular weight is 496 g/mol. The monoisotopic (exact) mass is 495 g/mol. The molecule has 1 amide bonds. The molecule has 3 aromatic rings. The van der Waals surface area contributed by atoms with Crippen molar-refractivity contribution in [3.05, 3.63) is 53.7 Å². The summed E-state index contributed by atoms with van der Waals surface area (Å²) in [6, 6.07) is 6.37. The van der Waals surface area contributed by atoms with Gasteiger partial charge in [-0.1, -0.05) is 13.0 Å². The van der Waals surface area contributed by atoms with Gasteiger partial charge in [0.1, 0.15) is 5.75 Å². The molecule has 0 atom stereocenters. The van der Waals surface area contributed by atoms with E-state index in [-0.39, 0.29) is 11.7 Å². The predicted octanol–water partition coefficient (Wildman–Crippen LogP) is 4.75. The zero-order chi connectivity index (χ0) is 25.5. The maximum absolute atomic E-state index is 14.2. The van der Waals surface area contributed by atoms with Crippen molar-refractivity contribution in [1.82, 2.24) is 20.2 Å². The topological polar surface area (TPSA) is 91.5 Å². The third-order valence-electron chi connectivity index (χ3n) is 6.41. The number of H-pyrrole nitrogens is 1. The van der Waals surface area contributed by atoms with E-state index in [4.69, 9.17) is 9.47 Å². The van der Waals surface area contributed by atoms with Gasteiger partial charge in [-0.05, 0) is 57.1 Å². The number of hydrogen-bond acceptors (Lipinski definition) is 6. The molecule has 0 bridgehead atoms. The van der Waals surface area contributed by atoms with E-state index in [1.807, 2.05) is 0 Å². The van der Waals surface area contributed by atoms with Crippen LogP contribution in [0.25, 0.3) is 11.3 Å². The number of anilines is 2. The third kappa shape index (κ3) is 5.46. The van der Waals surface area contributed by atoms with Crippen molar-refractivity contribution in [3.8, 4) is 22.8 Å². The van der Waals surface area contributed by atoms with Gasteiger partial charge in [-0.2, -0.15) is 0 Å². The van der Waals surface area contributed by atoms with Crippen molar-refractivity contribution < 1.29 is 18.7 Å². The first kappa shape index (κ1) is 25.5. The second-order valence-electron chi connectivity index (χ2n) is 8.80. The second-order valence-corrected chi connectivity index (χ2v) is 8.80. The van der Waals surface area contributed by atoms with Crippen molar-refractivity contribution in [2.75, 3.05) is 45.7 Å². The summed E-state index contributed by atoms with van der Waals surface area (Å²) in [6.07, 6.45) is 8.08. The summed E-state index contributed by atoms with van der Waals surface area (Å²) in [5.41, 5.74) is 3.63. The van der Waals surface area contributed by atoms with Crippen LogP contribution in [0.5, 0.6) is 11.5 Å². The molecule has 4 heterocycles. The van der Waals surface area contributed by atoms with E-state index >= 15 is 0 Å². The molecule has 1 aromatic carbocycles. The molecular weight excluding hydrogens is 461 g/mol. The number of fused-ring (bicyclic) bond motifs is 1. The summed E-state index contributed by atoms with van der Waals surface area (Å²) in [4.78, 5) is 22.6. The molecule has 1 saturated heterocycles. The van der Waals surface area contributed by atoms with Gasteiger partial charge < -0.3 is 30.0 Å². The highest BCUT2D eigenvalue weighted by atomic mass is 19.1. The first-order valence-corrected chi connectivity index (χ1v) is 12.4. The number of aromatic nitrogens is 2. The molecule has 192 valence electrons. The molecule has 5 rings (SSSR count). The Bertz CT molecular complexity index is 1190. The van der Waals surface area contributed by atoms with Crippen LogP contribution < -0.4 is 20.1 Å². The number of rotatable bonds is 7. The van der Waals surface area contributed by atoms with Crippen LogP contribution in [0.2, 0.25) is 0 Å². The van der Waals surface area contributed by atoms with E-state index in [2.05, 4.69) is 32.4 Å². The number of nitrogens with zero attached hydrogens (tertiary/aromatic N) is 2. The first-order valence-electron chi connectivity index (χ1n) is 12.4. The Labute approximate surface area is 211 Å². The Balaban J connectivity index is 0.000000325. The number of carbonyl (C=O) groups excluding carboxylic acids is 1. The largest absolute Gasteiger partial charge is 0.494 e. The highest BCUT2D eigenvalue weighted by Gasteiger charge is 2.28. The van der Waals surface area contributed by atoms with Crippen molar-refractivity contribution in [2.45, 2.75) is 32.6 Å². The molecule has 0 aliphatic carbocycles. The molecule has 2 aromatic heterocycles. The lowest BCUT2D eigenvalue weighted by atomic mass is 10.0. The number of para-hydroxylation sites is 1. The average Bonchev–Trinajstić information content (AvgIpc) is 3.53. The van der Waals surface area contributed by atoms with Crippen LogP contribution in [-0.4, -0.2) is 61.2 Å². The number of methoxy groups -OCH3 is 2. The molecule has 3 N–H and O–H groups in total. The van der Waals surface area contributed by atoms with Gasteiger partial charge in [0.25, 0.3) is 5.91 Å². The zero-order valence-electron chi connectivity index (χ0n) is 21.1. The maximum Gasteiger partial charge on any atom is 0.255 e. The van der Waals surface area contributed by atoms with Crippen LogP contribution in [0.1, 0.15) is 42.2 Å². The second kappa shape index (κ2) is 11.9. The SMILES string of the molecule is CCCN1CCCC1.COc1cnccc1-c1[nH]c2c(c1Nc1cccc(F)c1OC)C(=O)NCC2. The van der Waals surface area contributed by atoms with E-state index < -0.39 is 5.82 Å². The quantitative estimate of drug-likeness (QED) is 0.438. The molecule has 36 heavy (non-hydrogen) atoms. The van der Waals surface area contributed by atoms with E-state index in [0.717, 1.165) is 11.3 Å². The third-order valence-corrected chi connectivity index (χ3v) is 6.41. The molecule has 0 saturated carbocycles. The Kier molecular flexibility index (Phi) is 8.43. The number of benzene rings is 1. The van der Waals surface area contributed by atoms with Crippen LogP contribution in [0, 0.1) is 5.82 Å². The van der Waals surface area contributed by atoms with Gasteiger partial charge in [0.15, 0.2) is 11.6 Å². The molecule has 2 aliphatic rings. The van der Waals surface area contributed by atoms with Gasteiger partial charge >= 0.3 is 0 Å². The lowest BCUT2D eigenvalue weighted by Crippen LogP contribution is -2.31. The molecule has 8 nitrogen and oxygen atoms in total. The number of halogens is 1. The fraction of sp³-hybridized carbons (Fsp3) is 0.407. The molecule has 0 spiro atoms. The first-order chi connectivity index (χ1) is 17.6. The van der Waals surface area contributed by atoms with Gasteiger partial charge in [-0.15, -0.1) is 0 Å². The minimum absolute atomic E-state index is 0.0707. The Morgan fingerprint density at radius 3 is 2.69 bits per heavy atom. The number of aromatic amines is 1. The fourth-order valence-electron chi connectivity index (χ4n) is 4.73. The van der Waals surface area contributed by atoms with Gasteiger partial charge in [0.05, 0.1) is 43.0 Å². The summed E-state index contributed by atoms with van der Waals surface area (Å²) < 4.78 is 24.8. The van der Waals surface area contributed by atoms with E-state index in [9.17, 15) is 9.18 Å². The van der Waals surface area contributed by atoms with E-state index in [1.54, 1.807) is 37.7 Å².